The van der Waals surface area contributed by atoms with Gasteiger partial charge in [-0.2, -0.15) is 18.4 Å². The highest BCUT2D eigenvalue weighted by Crippen LogP contribution is 2.32. The molecule has 0 bridgehead atoms. The van der Waals surface area contributed by atoms with Crippen LogP contribution in [0.15, 0.2) is 34.9 Å². The second-order valence-corrected chi connectivity index (χ2v) is 5.07. The standard InChI is InChI=1S/C15H15F3N2O2S/c1-3-22-14(21)11(8-19)13(23-2)20-9-10-6-4-5-7-12(10)15(16,17)18/h4-7,20H,3,9H2,1-2H3/b13-11-. The number of hydrogen-bond acceptors (Lipinski definition) is 5. The largest absolute Gasteiger partial charge is 0.462 e. The number of hydrogen-bond donors (Lipinski definition) is 1. The van der Waals surface area contributed by atoms with E-state index in [0.29, 0.717) is 0 Å². The first kappa shape index (κ1) is 18.9. The fourth-order valence-corrected chi connectivity index (χ4v) is 2.33. The van der Waals surface area contributed by atoms with E-state index in [0.717, 1.165) is 17.8 Å². The van der Waals surface area contributed by atoms with Gasteiger partial charge in [0.25, 0.3) is 0 Å². The van der Waals surface area contributed by atoms with Crippen LogP contribution in [0.4, 0.5) is 13.2 Å². The van der Waals surface area contributed by atoms with Crippen LogP contribution in [0, 0.1) is 11.3 Å². The summed E-state index contributed by atoms with van der Waals surface area (Å²) in [4.78, 5) is 11.7. The average Bonchev–Trinajstić information content (AvgIpc) is 2.50. The average molecular weight is 344 g/mol. The number of esters is 1. The number of rotatable bonds is 6. The lowest BCUT2D eigenvalue weighted by molar-refractivity contribution is -0.139. The second-order valence-electron chi connectivity index (χ2n) is 4.25. The minimum atomic E-state index is -4.47. The molecule has 0 spiro atoms. The maximum Gasteiger partial charge on any atom is 0.416 e. The van der Waals surface area contributed by atoms with Crippen molar-refractivity contribution in [3.05, 3.63) is 46.0 Å². The summed E-state index contributed by atoms with van der Waals surface area (Å²) >= 11 is 1.05. The van der Waals surface area contributed by atoms with Crippen LogP contribution in [0.3, 0.4) is 0 Å². The highest BCUT2D eigenvalue weighted by Gasteiger charge is 2.32. The number of thioether (sulfide) groups is 1. The van der Waals surface area contributed by atoms with Gasteiger partial charge >= 0.3 is 12.1 Å². The first-order valence-corrected chi connectivity index (χ1v) is 7.82. The Morgan fingerprint density at radius 1 is 1.39 bits per heavy atom. The van der Waals surface area contributed by atoms with Crippen molar-refractivity contribution in [2.45, 2.75) is 19.6 Å². The minimum Gasteiger partial charge on any atom is -0.462 e. The van der Waals surface area contributed by atoms with Gasteiger partial charge in [0, 0.05) is 6.54 Å². The highest BCUT2D eigenvalue weighted by atomic mass is 32.2. The van der Waals surface area contributed by atoms with E-state index in [1.807, 2.05) is 0 Å². The lowest BCUT2D eigenvalue weighted by Crippen LogP contribution is -2.19. The predicted octanol–water partition coefficient (Wildman–Crippen LogP) is 3.46. The van der Waals surface area contributed by atoms with Gasteiger partial charge in [-0.1, -0.05) is 18.2 Å². The summed E-state index contributed by atoms with van der Waals surface area (Å²) in [6.07, 6.45) is -2.87. The number of ether oxygens (including phenoxy) is 1. The number of nitrogens with zero attached hydrogens (tertiary/aromatic N) is 1. The second kappa shape index (κ2) is 8.48. The third-order valence-electron chi connectivity index (χ3n) is 2.78. The number of nitrogens with one attached hydrogen (secondary N) is 1. The van der Waals surface area contributed by atoms with E-state index in [4.69, 9.17) is 10.00 Å². The molecule has 4 nitrogen and oxygen atoms in total. The van der Waals surface area contributed by atoms with Crippen molar-refractivity contribution in [1.82, 2.24) is 5.32 Å². The normalized spacial score (nSPS) is 12.2. The summed E-state index contributed by atoms with van der Waals surface area (Å²) in [6, 6.07) is 6.83. The summed E-state index contributed by atoms with van der Waals surface area (Å²) < 4.78 is 43.6. The summed E-state index contributed by atoms with van der Waals surface area (Å²) in [5, 5.41) is 11.9. The van der Waals surface area contributed by atoms with Crippen LogP contribution in [0.25, 0.3) is 0 Å². The third-order valence-corrected chi connectivity index (χ3v) is 3.54. The van der Waals surface area contributed by atoms with Gasteiger partial charge in [-0.05, 0) is 24.8 Å². The van der Waals surface area contributed by atoms with Crippen LogP contribution in [0.2, 0.25) is 0 Å². The summed E-state index contributed by atoms with van der Waals surface area (Å²) in [5.41, 5.74) is -1.00. The quantitative estimate of drug-likeness (QED) is 0.486. The van der Waals surface area contributed by atoms with E-state index >= 15 is 0 Å². The van der Waals surface area contributed by atoms with Gasteiger partial charge in [0.2, 0.25) is 0 Å². The van der Waals surface area contributed by atoms with Crippen molar-refractivity contribution in [3.63, 3.8) is 0 Å². The fraction of sp³-hybridized carbons (Fsp3) is 0.333. The van der Waals surface area contributed by atoms with Crippen LogP contribution >= 0.6 is 11.8 Å². The van der Waals surface area contributed by atoms with Crippen LogP contribution in [0.1, 0.15) is 18.1 Å². The lowest BCUT2D eigenvalue weighted by atomic mass is 10.1. The molecule has 0 atom stereocenters. The Bertz CT molecular complexity index is 636. The van der Waals surface area contributed by atoms with Gasteiger partial charge in [-0.3, -0.25) is 0 Å². The van der Waals surface area contributed by atoms with Crippen molar-refractivity contribution >= 4 is 17.7 Å². The zero-order valence-electron chi connectivity index (χ0n) is 12.5. The molecular formula is C15H15F3N2O2S. The summed E-state index contributed by atoms with van der Waals surface area (Å²) in [5.74, 6) is -0.809. The molecular weight excluding hydrogens is 329 g/mol. The van der Waals surface area contributed by atoms with Crippen molar-refractivity contribution < 1.29 is 22.7 Å². The molecule has 0 radical (unpaired) electrons. The van der Waals surface area contributed by atoms with Gasteiger partial charge in [0.15, 0.2) is 5.57 Å². The molecule has 8 heteroatoms. The Hall–Kier alpha value is -2.14. The van der Waals surface area contributed by atoms with E-state index in [1.165, 1.54) is 18.2 Å². The first-order chi connectivity index (χ1) is 10.8. The topological polar surface area (TPSA) is 62.1 Å². The summed E-state index contributed by atoms with van der Waals surface area (Å²) in [7, 11) is 0. The molecule has 1 aromatic carbocycles. The van der Waals surface area contributed by atoms with Gasteiger partial charge in [-0.25, -0.2) is 4.79 Å². The molecule has 0 aromatic heterocycles. The molecule has 0 aliphatic carbocycles. The van der Waals surface area contributed by atoms with Gasteiger partial charge < -0.3 is 10.1 Å². The molecule has 124 valence electrons. The fourth-order valence-electron chi connectivity index (χ4n) is 1.78. The van der Waals surface area contributed by atoms with Crippen LogP contribution < -0.4 is 5.32 Å². The number of halogens is 3. The molecule has 1 N–H and O–H groups in total. The van der Waals surface area contributed by atoms with E-state index in [1.54, 1.807) is 19.2 Å². The highest BCUT2D eigenvalue weighted by molar-refractivity contribution is 8.02. The van der Waals surface area contributed by atoms with Crippen molar-refractivity contribution in [2.75, 3.05) is 12.9 Å². The molecule has 0 amide bonds. The maximum absolute atomic E-state index is 12.9. The molecule has 23 heavy (non-hydrogen) atoms. The SMILES string of the molecule is CCOC(=O)/C(C#N)=C(/NCc1ccccc1C(F)(F)F)SC. The monoisotopic (exact) mass is 344 g/mol. The molecule has 0 saturated carbocycles. The maximum atomic E-state index is 12.9. The van der Waals surface area contributed by atoms with E-state index in [2.05, 4.69) is 5.32 Å². The Kier molecular flexibility index (Phi) is 6.97. The Morgan fingerprint density at radius 2 is 2.04 bits per heavy atom. The van der Waals surface area contributed by atoms with Crippen LogP contribution in [-0.2, 0) is 22.3 Å². The number of carbonyl (C=O) groups excluding carboxylic acids is 1. The predicted molar refractivity (Wildman–Crippen MR) is 81.1 cm³/mol. The molecule has 1 rings (SSSR count). The van der Waals surface area contributed by atoms with Crippen LogP contribution in [-0.4, -0.2) is 18.8 Å². The molecule has 0 heterocycles. The van der Waals surface area contributed by atoms with Gasteiger partial charge in [-0.15, -0.1) is 11.8 Å². The summed E-state index contributed by atoms with van der Waals surface area (Å²) in [6.45, 7) is 1.53. The Balaban J connectivity index is 3.04. The van der Waals surface area contributed by atoms with Gasteiger partial charge in [0.1, 0.15) is 6.07 Å². The van der Waals surface area contributed by atoms with E-state index in [9.17, 15) is 18.0 Å². The molecule has 0 unspecified atom stereocenters. The molecule has 0 saturated heterocycles. The Morgan fingerprint density at radius 3 is 2.57 bits per heavy atom. The zero-order valence-corrected chi connectivity index (χ0v) is 13.3. The smallest absolute Gasteiger partial charge is 0.416 e. The number of alkyl halides is 3. The zero-order chi connectivity index (χ0) is 17.5. The van der Waals surface area contributed by atoms with Crippen molar-refractivity contribution in [1.29, 1.82) is 5.26 Å². The molecule has 1 aromatic rings. The van der Waals surface area contributed by atoms with Gasteiger partial charge in [0.05, 0.1) is 17.2 Å². The van der Waals surface area contributed by atoms with E-state index < -0.39 is 17.7 Å². The van der Waals surface area contributed by atoms with Crippen molar-refractivity contribution in [2.24, 2.45) is 0 Å². The molecule has 0 aliphatic heterocycles. The number of benzene rings is 1. The molecule has 0 aliphatic rings. The number of carbonyl (C=O) groups is 1. The lowest BCUT2D eigenvalue weighted by Gasteiger charge is -2.15. The Labute approximate surface area is 136 Å². The van der Waals surface area contributed by atoms with E-state index in [-0.39, 0.29) is 29.3 Å². The van der Waals surface area contributed by atoms with Crippen LogP contribution in [0.5, 0.6) is 0 Å². The minimum absolute atomic E-state index is 0.0210. The molecule has 0 fully saturated rings. The first-order valence-electron chi connectivity index (χ1n) is 6.59. The third kappa shape index (κ3) is 5.21. The number of nitriles is 1. The van der Waals surface area contributed by atoms with Crippen molar-refractivity contribution in [3.8, 4) is 6.07 Å².